The maximum absolute atomic E-state index is 11.6. The van der Waals surface area contributed by atoms with Crippen LogP contribution in [0.15, 0.2) is 16.8 Å². The minimum absolute atomic E-state index is 0.0737. The summed E-state index contributed by atoms with van der Waals surface area (Å²) in [5, 5.41) is 6.82. The molecule has 0 aliphatic rings. The first-order chi connectivity index (χ1) is 5.75. The fourth-order valence-corrected chi connectivity index (χ4v) is 1.73. The van der Waals surface area contributed by atoms with Crippen LogP contribution in [0.2, 0.25) is 0 Å². The molecule has 1 rings (SSSR count). The third-order valence-electron chi connectivity index (χ3n) is 1.76. The van der Waals surface area contributed by atoms with Crippen molar-refractivity contribution < 1.29 is 4.79 Å². The van der Waals surface area contributed by atoms with Crippen LogP contribution in [0.1, 0.15) is 17.3 Å². The highest BCUT2D eigenvalue weighted by Gasteiger charge is 2.13. The largest absolute Gasteiger partial charge is 0.319 e. The summed E-state index contributed by atoms with van der Waals surface area (Å²) in [5.41, 5.74) is 0.836. The molecule has 2 nitrogen and oxygen atoms in total. The van der Waals surface area contributed by atoms with Gasteiger partial charge in [0.05, 0.1) is 0 Å². The average Bonchev–Trinajstić information content (AvgIpc) is 2.55. The van der Waals surface area contributed by atoms with E-state index in [4.69, 9.17) is 0 Å². The predicted molar refractivity (Wildman–Crippen MR) is 51.7 cm³/mol. The summed E-state index contributed by atoms with van der Waals surface area (Å²) in [5.74, 6) is 0.301. The van der Waals surface area contributed by atoms with Gasteiger partial charge >= 0.3 is 0 Å². The second-order valence-corrected chi connectivity index (χ2v) is 3.62. The molecule has 1 heterocycles. The summed E-state index contributed by atoms with van der Waals surface area (Å²) in [6.07, 6.45) is 0. The van der Waals surface area contributed by atoms with Crippen molar-refractivity contribution >= 4 is 17.1 Å². The van der Waals surface area contributed by atoms with Crippen molar-refractivity contribution in [3.63, 3.8) is 0 Å². The summed E-state index contributed by atoms with van der Waals surface area (Å²) >= 11 is 1.56. The van der Waals surface area contributed by atoms with Crippen molar-refractivity contribution in [3.8, 4) is 0 Å². The monoisotopic (exact) mass is 183 g/mol. The Hall–Kier alpha value is -0.670. The van der Waals surface area contributed by atoms with Gasteiger partial charge in [-0.05, 0) is 18.5 Å². The van der Waals surface area contributed by atoms with Crippen LogP contribution in [0.4, 0.5) is 0 Å². The van der Waals surface area contributed by atoms with Crippen LogP contribution < -0.4 is 5.32 Å². The van der Waals surface area contributed by atoms with Crippen molar-refractivity contribution in [2.75, 3.05) is 13.6 Å². The number of carbonyl (C=O) groups excluding carboxylic acids is 1. The molecule has 0 radical (unpaired) electrons. The lowest BCUT2D eigenvalue weighted by Gasteiger charge is -2.07. The molecule has 1 atom stereocenters. The van der Waals surface area contributed by atoms with Crippen LogP contribution in [0.5, 0.6) is 0 Å². The molecule has 1 aromatic rings. The van der Waals surface area contributed by atoms with Crippen LogP contribution in [-0.4, -0.2) is 19.4 Å². The molecule has 12 heavy (non-hydrogen) atoms. The van der Waals surface area contributed by atoms with E-state index < -0.39 is 0 Å². The molecule has 1 aromatic heterocycles. The SMILES string of the molecule is CNCC(C)C(=O)c1ccsc1. The highest BCUT2D eigenvalue weighted by atomic mass is 32.1. The zero-order valence-corrected chi connectivity index (χ0v) is 8.15. The van der Waals surface area contributed by atoms with E-state index in [0.29, 0.717) is 0 Å². The first-order valence-electron chi connectivity index (χ1n) is 3.96. The molecule has 0 spiro atoms. The lowest BCUT2D eigenvalue weighted by atomic mass is 10.0. The van der Waals surface area contributed by atoms with Gasteiger partial charge in [-0.15, -0.1) is 0 Å². The lowest BCUT2D eigenvalue weighted by Crippen LogP contribution is -2.23. The quantitative estimate of drug-likeness (QED) is 0.721. The van der Waals surface area contributed by atoms with Crippen LogP contribution in [-0.2, 0) is 0 Å². The number of hydrogen-bond donors (Lipinski definition) is 1. The van der Waals surface area contributed by atoms with Gasteiger partial charge in [0, 0.05) is 23.4 Å². The molecule has 0 fully saturated rings. The van der Waals surface area contributed by atoms with E-state index >= 15 is 0 Å². The van der Waals surface area contributed by atoms with Crippen LogP contribution in [0, 0.1) is 5.92 Å². The van der Waals surface area contributed by atoms with Crippen molar-refractivity contribution in [3.05, 3.63) is 22.4 Å². The second-order valence-electron chi connectivity index (χ2n) is 2.84. The van der Waals surface area contributed by atoms with Crippen LogP contribution in [0.25, 0.3) is 0 Å². The Labute approximate surface area is 76.6 Å². The van der Waals surface area contributed by atoms with Crippen molar-refractivity contribution in [1.82, 2.24) is 5.32 Å². The van der Waals surface area contributed by atoms with Gasteiger partial charge in [-0.1, -0.05) is 6.92 Å². The van der Waals surface area contributed by atoms with Crippen molar-refractivity contribution in [1.29, 1.82) is 0 Å². The van der Waals surface area contributed by atoms with Gasteiger partial charge in [0.1, 0.15) is 0 Å². The Balaban J connectivity index is 2.59. The molecule has 0 saturated carbocycles. The highest BCUT2D eigenvalue weighted by Crippen LogP contribution is 2.11. The number of Topliss-reactive ketones (excluding diaryl/α,β-unsaturated/α-hetero) is 1. The zero-order chi connectivity index (χ0) is 8.97. The van der Waals surface area contributed by atoms with Gasteiger partial charge in [0.25, 0.3) is 0 Å². The maximum atomic E-state index is 11.6. The van der Waals surface area contributed by atoms with Crippen molar-refractivity contribution in [2.24, 2.45) is 5.92 Å². The molecule has 0 saturated heterocycles. The number of thiophene rings is 1. The first kappa shape index (κ1) is 9.42. The fourth-order valence-electron chi connectivity index (χ4n) is 1.09. The number of carbonyl (C=O) groups is 1. The van der Waals surface area contributed by atoms with Gasteiger partial charge in [-0.3, -0.25) is 4.79 Å². The van der Waals surface area contributed by atoms with E-state index in [1.165, 1.54) is 0 Å². The first-order valence-corrected chi connectivity index (χ1v) is 4.91. The molecular weight excluding hydrogens is 170 g/mol. The Bertz CT molecular complexity index is 243. The number of rotatable bonds is 4. The third-order valence-corrected chi connectivity index (χ3v) is 2.45. The molecular formula is C9H13NOS. The average molecular weight is 183 g/mol. The molecule has 66 valence electrons. The van der Waals surface area contributed by atoms with E-state index in [2.05, 4.69) is 5.32 Å². The van der Waals surface area contributed by atoms with Gasteiger partial charge < -0.3 is 5.32 Å². The topological polar surface area (TPSA) is 29.1 Å². The van der Waals surface area contributed by atoms with Gasteiger partial charge in [0.15, 0.2) is 5.78 Å². The maximum Gasteiger partial charge on any atom is 0.167 e. The zero-order valence-electron chi connectivity index (χ0n) is 7.33. The molecule has 0 amide bonds. The highest BCUT2D eigenvalue weighted by molar-refractivity contribution is 7.08. The Morgan fingerprint density at radius 1 is 1.75 bits per heavy atom. The smallest absolute Gasteiger partial charge is 0.167 e. The number of ketones is 1. The normalized spacial score (nSPS) is 12.8. The Morgan fingerprint density at radius 3 is 3.00 bits per heavy atom. The predicted octanol–water partition coefficient (Wildman–Crippen LogP) is 1.79. The van der Waals surface area contributed by atoms with Gasteiger partial charge in [-0.25, -0.2) is 0 Å². The summed E-state index contributed by atoms with van der Waals surface area (Å²) in [7, 11) is 1.86. The van der Waals surface area contributed by atoms with E-state index in [1.807, 2.05) is 30.8 Å². The minimum atomic E-state index is 0.0737. The van der Waals surface area contributed by atoms with Crippen LogP contribution >= 0.6 is 11.3 Å². The summed E-state index contributed by atoms with van der Waals surface area (Å²) in [6, 6.07) is 1.87. The van der Waals surface area contributed by atoms with E-state index in [9.17, 15) is 4.79 Å². The Kier molecular flexibility index (Phi) is 3.44. The molecule has 3 heteroatoms. The summed E-state index contributed by atoms with van der Waals surface area (Å²) < 4.78 is 0. The summed E-state index contributed by atoms with van der Waals surface area (Å²) in [6.45, 7) is 2.69. The molecule has 1 unspecified atom stereocenters. The second kappa shape index (κ2) is 4.38. The fraction of sp³-hybridized carbons (Fsp3) is 0.444. The number of hydrogen-bond acceptors (Lipinski definition) is 3. The number of nitrogens with one attached hydrogen (secondary N) is 1. The Morgan fingerprint density at radius 2 is 2.50 bits per heavy atom. The molecule has 0 bridgehead atoms. The lowest BCUT2D eigenvalue weighted by molar-refractivity contribution is 0.0930. The molecule has 1 N–H and O–H groups in total. The third kappa shape index (κ3) is 2.16. The van der Waals surface area contributed by atoms with Crippen molar-refractivity contribution in [2.45, 2.75) is 6.92 Å². The summed E-state index contributed by atoms with van der Waals surface area (Å²) in [4.78, 5) is 11.6. The van der Waals surface area contributed by atoms with E-state index in [-0.39, 0.29) is 11.7 Å². The van der Waals surface area contributed by atoms with Gasteiger partial charge in [0.2, 0.25) is 0 Å². The molecule has 0 aliphatic carbocycles. The van der Waals surface area contributed by atoms with Crippen LogP contribution in [0.3, 0.4) is 0 Å². The van der Waals surface area contributed by atoms with E-state index in [1.54, 1.807) is 11.3 Å². The van der Waals surface area contributed by atoms with E-state index in [0.717, 1.165) is 12.1 Å². The molecule has 0 aromatic carbocycles. The molecule has 0 aliphatic heterocycles. The van der Waals surface area contributed by atoms with Gasteiger partial charge in [-0.2, -0.15) is 11.3 Å². The standard InChI is InChI=1S/C9H13NOS/c1-7(5-10-2)9(11)8-3-4-12-6-8/h3-4,6-7,10H,5H2,1-2H3. The minimum Gasteiger partial charge on any atom is -0.319 e.